The van der Waals surface area contributed by atoms with E-state index in [1.54, 1.807) is 7.11 Å². The van der Waals surface area contributed by atoms with E-state index in [9.17, 15) is 5.11 Å². The number of benzene rings is 1. The van der Waals surface area contributed by atoms with E-state index in [0.29, 0.717) is 0 Å². The highest BCUT2D eigenvalue weighted by Gasteiger charge is 2.49. The van der Waals surface area contributed by atoms with E-state index in [1.807, 2.05) is 7.05 Å². The fraction of sp³-hybridized carbons (Fsp3) is 0.600. The van der Waals surface area contributed by atoms with E-state index in [4.69, 9.17) is 4.74 Å². The first-order chi connectivity index (χ1) is 8.57. The molecule has 0 heterocycles. The average Bonchev–Trinajstić information content (AvgIpc) is 3.11. The molecule has 18 heavy (non-hydrogen) atoms. The SMILES string of the molecule is CNC(c1cc(C)c(OC)c(C)c1)C1(CO)CC1. The Morgan fingerprint density at radius 2 is 1.89 bits per heavy atom. The number of hydrogen-bond donors (Lipinski definition) is 2. The van der Waals surface area contributed by atoms with Crippen LogP contribution >= 0.6 is 0 Å². The zero-order valence-electron chi connectivity index (χ0n) is 11.7. The second kappa shape index (κ2) is 4.90. The largest absolute Gasteiger partial charge is 0.496 e. The summed E-state index contributed by atoms with van der Waals surface area (Å²) in [5, 5.41) is 13.0. The predicted octanol–water partition coefficient (Wildman–Crippen LogP) is 2.35. The Bertz CT molecular complexity index is 415. The molecule has 1 unspecified atom stereocenters. The molecule has 100 valence electrons. The minimum Gasteiger partial charge on any atom is -0.496 e. The van der Waals surface area contributed by atoms with Gasteiger partial charge in [-0.3, -0.25) is 0 Å². The second-order valence-electron chi connectivity index (χ2n) is 5.43. The molecule has 0 spiro atoms. The summed E-state index contributed by atoms with van der Waals surface area (Å²) in [6.45, 7) is 4.39. The zero-order valence-corrected chi connectivity index (χ0v) is 11.7. The number of hydrogen-bond acceptors (Lipinski definition) is 3. The van der Waals surface area contributed by atoms with Crippen LogP contribution in [-0.4, -0.2) is 25.9 Å². The van der Waals surface area contributed by atoms with Gasteiger partial charge < -0.3 is 15.2 Å². The third-order valence-electron chi connectivity index (χ3n) is 4.13. The van der Waals surface area contributed by atoms with Crippen molar-refractivity contribution >= 4 is 0 Å². The van der Waals surface area contributed by atoms with E-state index < -0.39 is 0 Å². The predicted molar refractivity (Wildman–Crippen MR) is 73.0 cm³/mol. The number of aliphatic hydroxyl groups excluding tert-OH is 1. The molecule has 3 heteroatoms. The van der Waals surface area contributed by atoms with Gasteiger partial charge in [0.15, 0.2) is 0 Å². The van der Waals surface area contributed by atoms with E-state index in [-0.39, 0.29) is 18.1 Å². The fourth-order valence-electron chi connectivity index (χ4n) is 3.00. The lowest BCUT2D eigenvalue weighted by Gasteiger charge is -2.26. The third-order valence-corrected chi connectivity index (χ3v) is 4.13. The minimum absolute atomic E-state index is 0.0439. The summed E-state index contributed by atoms with van der Waals surface area (Å²) < 4.78 is 5.40. The molecule has 1 aliphatic carbocycles. The van der Waals surface area contributed by atoms with Gasteiger partial charge in [-0.05, 0) is 50.4 Å². The summed E-state index contributed by atoms with van der Waals surface area (Å²) >= 11 is 0. The number of methoxy groups -OCH3 is 1. The summed E-state index contributed by atoms with van der Waals surface area (Å²) in [5.74, 6) is 0.961. The summed E-state index contributed by atoms with van der Waals surface area (Å²) in [6.07, 6.45) is 2.19. The van der Waals surface area contributed by atoms with Crippen LogP contribution in [0.4, 0.5) is 0 Å². The Labute approximate surface area is 109 Å². The number of ether oxygens (including phenoxy) is 1. The average molecular weight is 249 g/mol. The normalized spacial score (nSPS) is 18.5. The minimum atomic E-state index is 0.0439. The van der Waals surface area contributed by atoms with Crippen molar-refractivity contribution < 1.29 is 9.84 Å². The van der Waals surface area contributed by atoms with Crippen LogP contribution in [0.5, 0.6) is 5.75 Å². The van der Waals surface area contributed by atoms with Crippen molar-refractivity contribution in [2.24, 2.45) is 5.41 Å². The Morgan fingerprint density at radius 3 is 2.22 bits per heavy atom. The highest BCUT2D eigenvalue weighted by Crippen LogP contribution is 2.54. The van der Waals surface area contributed by atoms with E-state index >= 15 is 0 Å². The number of rotatable bonds is 5. The van der Waals surface area contributed by atoms with Crippen molar-refractivity contribution in [2.75, 3.05) is 20.8 Å². The molecule has 1 aliphatic rings. The maximum Gasteiger partial charge on any atom is 0.124 e. The highest BCUT2D eigenvalue weighted by molar-refractivity contribution is 5.45. The molecule has 0 aromatic heterocycles. The van der Waals surface area contributed by atoms with Crippen molar-refractivity contribution in [1.29, 1.82) is 0 Å². The molecule has 0 aliphatic heterocycles. The van der Waals surface area contributed by atoms with Crippen LogP contribution in [0.3, 0.4) is 0 Å². The summed E-state index contributed by atoms with van der Waals surface area (Å²) in [6, 6.07) is 4.57. The van der Waals surface area contributed by atoms with Crippen LogP contribution in [0.15, 0.2) is 12.1 Å². The van der Waals surface area contributed by atoms with Gasteiger partial charge in [0.2, 0.25) is 0 Å². The van der Waals surface area contributed by atoms with Gasteiger partial charge in [-0.15, -0.1) is 0 Å². The van der Waals surface area contributed by atoms with Crippen LogP contribution in [0.25, 0.3) is 0 Å². The maximum atomic E-state index is 9.59. The van der Waals surface area contributed by atoms with Crippen molar-refractivity contribution in [3.63, 3.8) is 0 Å². The van der Waals surface area contributed by atoms with Gasteiger partial charge in [-0.2, -0.15) is 0 Å². The monoisotopic (exact) mass is 249 g/mol. The molecule has 2 rings (SSSR count). The van der Waals surface area contributed by atoms with E-state index in [1.165, 1.54) is 5.56 Å². The Morgan fingerprint density at radius 1 is 1.33 bits per heavy atom. The first kappa shape index (κ1) is 13.4. The lowest BCUT2D eigenvalue weighted by atomic mass is 9.89. The Kier molecular flexibility index (Phi) is 3.64. The van der Waals surface area contributed by atoms with Crippen LogP contribution in [0.1, 0.15) is 35.6 Å². The first-order valence-electron chi connectivity index (χ1n) is 6.51. The maximum absolute atomic E-state index is 9.59. The topological polar surface area (TPSA) is 41.5 Å². The van der Waals surface area contributed by atoms with Crippen LogP contribution in [0, 0.1) is 19.3 Å². The zero-order chi connectivity index (χ0) is 13.3. The molecule has 2 N–H and O–H groups in total. The summed E-state index contributed by atoms with van der Waals surface area (Å²) in [7, 11) is 3.68. The van der Waals surface area contributed by atoms with Gasteiger partial charge in [0, 0.05) is 11.5 Å². The lowest BCUT2D eigenvalue weighted by molar-refractivity contribution is 0.175. The summed E-state index contributed by atoms with van der Waals surface area (Å²) in [4.78, 5) is 0. The molecule has 3 nitrogen and oxygen atoms in total. The summed E-state index contributed by atoms with van der Waals surface area (Å²) in [5.41, 5.74) is 3.60. The first-order valence-corrected chi connectivity index (χ1v) is 6.51. The molecule has 1 atom stereocenters. The van der Waals surface area contributed by atoms with Crippen LogP contribution in [-0.2, 0) is 0 Å². The molecule has 0 saturated heterocycles. The van der Waals surface area contributed by atoms with Gasteiger partial charge in [-0.1, -0.05) is 12.1 Å². The van der Waals surface area contributed by atoms with Crippen molar-refractivity contribution in [1.82, 2.24) is 5.32 Å². The van der Waals surface area contributed by atoms with Crippen molar-refractivity contribution in [3.8, 4) is 5.75 Å². The standard InChI is InChI=1S/C15H23NO2/c1-10-7-12(8-11(2)13(10)18-4)14(16-3)15(9-17)5-6-15/h7-8,14,16-17H,5-6,9H2,1-4H3. The molecule has 1 aromatic rings. The van der Waals surface area contributed by atoms with Gasteiger partial charge in [-0.25, -0.2) is 0 Å². The lowest BCUT2D eigenvalue weighted by Crippen LogP contribution is -2.29. The smallest absolute Gasteiger partial charge is 0.124 e. The van der Waals surface area contributed by atoms with Crippen molar-refractivity contribution in [3.05, 3.63) is 28.8 Å². The van der Waals surface area contributed by atoms with Crippen molar-refractivity contribution in [2.45, 2.75) is 32.7 Å². The molecule has 1 aromatic carbocycles. The van der Waals surface area contributed by atoms with Crippen LogP contribution in [0.2, 0.25) is 0 Å². The fourth-order valence-corrected chi connectivity index (χ4v) is 3.00. The molecule has 1 saturated carbocycles. The molecule has 0 bridgehead atoms. The molecule has 1 fully saturated rings. The van der Waals surface area contributed by atoms with Crippen LogP contribution < -0.4 is 10.1 Å². The molecular formula is C15H23NO2. The Hall–Kier alpha value is -1.06. The van der Waals surface area contributed by atoms with Gasteiger partial charge in [0.25, 0.3) is 0 Å². The third kappa shape index (κ3) is 2.13. The van der Waals surface area contributed by atoms with Gasteiger partial charge in [0.05, 0.1) is 13.7 Å². The van der Waals surface area contributed by atoms with E-state index in [2.05, 4.69) is 31.3 Å². The second-order valence-corrected chi connectivity index (χ2v) is 5.43. The van der Waals surface area contributed by atoms with Gasteiger partial charge >= 0.3 is 0 Å². The Balaban J connectivity index is 2.38. The van der Waals surface area contributed by atoms with Gasteiger partial charge in [0.1, 0.15) is 5.75 Å². The molecule has 0 radical (unpaired) electrons. The van der Waals surface area contributed by atoms with E-state index in [0.717, 1.165) is 29.7 Å². The number of aliphatic hydroxyl groups is 1. The molecular weight excluding hydrogens is 226 g/mol. The quantitative estimate of drug-likeness (QED) is 0.841. The molecule has 0 amide bonds. The highest BCUT2D eigenvalue weighted by atomic mass is 16.5. The number of aryl methyl sites for hydroxylation is 2. The number of nitrogens with one attached hydrogen (secondary N) is 1.